The molecule has 0 saturated heterocycles. The van der Waals surface area contributed by atoms with Crippen LogP contribution in [0, 0.1) is 4.91 Å². The summed E-state index contributed by atoms with van der Waals surface area (Å²) in [5, 5.41) is 6.40. The summed E-state index contributed by atoms with van der Waals surface area (Å²) in [4.78, 5) is 14.5. The number of benzene rings is 1. The maximum absolute atomic E-state index is 9.93. The largest absolute Gasteiger partial charge is 0.399 e. The van der Waals surface area contributed by atoms with Crippen molar-refractivity contribution in [1.82, 2.24) is 0 Å². The fourth-order valence-corrected chi connectivity index (χ4v) is 0.897. The molecule has 0 aromatic heterocycles. The predicted octanol–water partition coefficient (Wildman–Crippen LogP) is 1.93. The van der Waals surface area contributed by atoms with Crippen molar-refractivity contribution >= 4 is 6.21 Å². The van der Waals surface area contributed by atoms with E-state index >= 15 is 0 Å². The first-order valence-electron chi connectivity index (χ1n) is 3.81. The Morgan fingerprint density at radius 1 is 1.38 bits per heavy atom. The van der Waals surface area contributed by atoms with Crippen molar-refractivity contribution in [3.8, 4) is 0 Å². The maximum atomic E-state index is 9.93. The zero-order chi connectivity index (χ0) is 9.52. The van der Waals surface area contributed by atoms with Gasteiger partial charge in [-0.15, -0.1) is 0 Å². The Hall–Kier alpha value is -1.71. The minimum Gasteiger partial charge on any atom is -0.399 e. The minimum atomic E-state index is 0.210. The lowest BCUT2D eigenvalue weighted by atomic mass is 10.1. The topological polar surface area (TPSA) is 51.0 Å². The third-order valence-corrected chi connectivity index (χ3v) is 1.53. The maximum Gasteiger partial charge on any atom is 0.106 e. The monoisotopic (exact) mass is 178 g/mol. The van der Waals surface area contributed by atoms with Crippen molar-refractivity contribution < 1.29 is 4.84 Å². The summed E-state index contributed by atoms with van der Waals surface area (Å²) < 4.78 is 0. The normalized spacial score (nSPS) is 10.2. The lowest BCUT2D eigenvalue weighted by Crippen LogP contribution is -1.84. The van der Waals surface area contributed by atoms with Gasteiger partial charge in [0.25, 0.3) is 0 Å². The molecule has 0 bridgehead atoms. The lowest BCUT2D eigenvalue weighted by molar-refractivity contribution is 0.215. The van der Waals surface area contributed by atoms with E-state index in [1.54, 1.807) is 6.21 Å². The summed E-state index contributed by atoms with van der Waals surface area (Å²) in [6.07, 6.45) is 1.60. The molecule has 1 rings (SSSR count). The fraction of sp³-hybridized carbons (Fsp3) is 0.222. The number of nitroso groups, excluding NO2 is 1. The third kappa shape index (κ3) is 3.02. The van der Waals surface area contributed by atoms with Gasteiger partial charge < -0.3 is 4.84 Å². The molecule has 0 N–H and O–H groups in total. The average molecular weight is 178 g/mol. The third-order valence-electron chi connectivity index (χ3n) is 1.53. The summed E-state index contributed by atoms with van der Waals surface area (Å²) in [5.41, 5.74) is 1.82. The quantitative estimate of drug-likeness (QED) is 0.402. The molecular formula is C9H10N2O2. The van der Waals surface area contributed by atoms with E-state index in [4.69, 9.17) is 0 Å². The second-order valence-corrected chi connectivity index (χ2v) is 2.45. The number of rotatable bonds is 4. The molecule has 0 amide bonds. The SMILES string of the molecule is CON=Cc1ccc(CN=O)cc1. The van der Waals surface area contributed by atoms with Crippen LogP contribution in [0.5, 0.6) is 0 Å². The van der Waals surface area contributed by atoms with Gasteiger partial charge in [0.15, 0.2) is 0 Å². The van der Waals surface area contributed by atoms with Gasteiger partial charge in [0, 0.05) is 0 Å². The van der Waals surface area contributed by atoms with Crippen molar-refractivity contribution in [3.05, 3.63) is 40.3 Å². The molecule has 13 heavy (non-hydrogen) atoms. The van der Waals surface area contributed by atoms with Gasteiger partial charge in [0.2, 0.25) is 0 Å². The molecule has 0 aliphatic carbocycles. The van der Waals surface area contributed by atoms with Crippen LogP contribution < -0.4 is 0 Å². The molecule has 4 heteroatoms. The molecule has 0 unspecified atom stereocenters. The summed E-state index contributed by atoms with van der Waals surface area (Å²) >= 11 is 0. The highest BCUT2D eigenvalue weighted by molar-refractivity contribution is 5.79. The molecule has 0 aliphatic heterocycles. The van der Waals surface area contributed by atoms with Gasteiger partial charge in [0.1, 0.15) is 13.7 Å². The number of nitrogens with zero attached hydrogens (tertiary/aromatic N) is 2. The van der Waals surface area contributed by atoms with Gasteiger partial charge >= 0.3 is 0 Å². The van der Waals surface area contributed by atoms with Crippen LogP contribution in [-0.4, -0.2) is 13.3 Å². The second kappa shape index (κ2) is 5.03. The molecule has 68 valence electrons. The van der Waals surface area contributed by atoms with E-state index < -0.39 is 0 Å². The molecule has 0 aliphatic rings. The first kappa shape index (κ1) is 9.38. The molecule has 4 nitrogen and oxygen atoms in total. The minimum absolute atomic E-state index is 0.210. The molecule has 0 spiro atoms. The first-order valence-corrected chi connectivity index (χ1v) is 3.81. The van der Waals surface area contributed by atoms with Crippen LogP contribution >= 0.6 is 0 Å². The molecular weight excluding hydrogens is 168 g/mol. The van der Waals surface area contributed by atoms with Crippen LogP contribution in [0.15, 0.2) is 34.6 Å². The molecule has 0 saturated carbocycles. The molecule has 0 atom stereocenters. The zero-order valence-electron chi connectivity index (χ0n) is 7.30. The standard InChI is InChI=1S/C9H10N2O2/c1-13-11-7-9-4-2-8(3-5-9)6-10-12/h2-5,7H,6H2,1H3. The highest BCUT2D eigenvalue weighted by Crippen LogP contribution is 2.03. The Morgan fingerprint density at radius 2 is 2.08 bits per heavy atom. The van der Waals surface area contributed by atoms with Gasteiger partial charge in [-0.05, 0) is 11.1 Å². The van der Waals surface area contributed by atoms with Crippen LogP contribution in [0.25, 0.3) is 0 Å². The van der Waals surface area contributed by atoms with E-state index in [0.717, 1.165) is 11.1 Å². The first-order chi connectivity index (χ1) is 6.36. The molecule has 0 heterocycles. The highest BCUT2D eigenvalue weighted by Gasteiger charge is 1.91. The Labute approximate surface area is 76.2 Å². The summed E-state index contributed by atoms with van der Waals surface area (Å²) in [6.45, 7) is 0.210. The molecule has 0 fully saturated rings. The zero-order valence-corrected chi connectivity index (χ0v) is 7.30. The van der Waals surface area contributed by atoms with Crippen LogP contribution in [0.3, 0.4) is 0 Å². The van der Waals surface area contributed by atoms with E-state index in [1.807, 2.05) is 24.3 Å². The van der Waals surface area contributed by atoms with Crippen molar-refractivity contribution in [2.45, 2.75) is 6.54 Å². The molecule has 0 radical (unpaired) electrons. The Morgan fingerprint density at radius 3 is 2.62 bits per heavy atom. The van der Waals surface area contributed by atoms with Crippen LogP contribution in [0.4, 0.5) is 0 Å². The Balaban J connectivity index is 2.69. The molecule has 1 aromatic rings. The summed E-state index contributed by atoms with van der Waals surface area (Å²) in [7, 11) is 1.49. The van der Waals surface area contributed by atoms with E-state index in [-0.39, 0.29) is 6.54 Å². The van der Waals surface area contributed by atoms with Gasteiger partial charge in [0.05, 0.1) is 6.21 Å². The lowest BCUT2D eigenvalue weighted by Gasteiger charge is -1.94. The fourth-order valence-electron chi connectivity index (χ4n) is 0.897. The average Bonchev–Trinajstić information content (AvgIpc) is 2.17. The van der Waals surface area contributed by atoms with Crippen LogP contribution in [-0.2, 0) is 11.4 Å². The van der Waals surface area contributed by atoms with Crippen molar-refractivity contribution in [3.63, 3.8) is 0 Å². The van der Waals surface area contributed by atoms with Crippen LogP contribution in [0.1, 0.15) is 11.1 Å². The van der Waals surface area contributed by atoms with Crippen molar-refractivity contribution in [1.29, 1.82) is 0 Å². The van der Waals surface area contributed by atoms with Gasteiger partial charge in [-0.25, -0.2) is 0 Å². The van der Waals surface area contributed by atoms with Crippen molar-refractivity contribution in [2.75, 3.05) is 7.11 Å². The second-order valence-electron chi connectivity index (χ2n) is 2.45. The highest BCUT2D eigenvalue weighted by atomic mass is 16.6. The van der Waals surface area contributed by atoms with E-state index in [9.17, 15) is 4.91 Å². The van der Waals surface area contributed by atoms with Gasteiger partial charge in [-0.1, -0.05) is 34.6 Å². The van der Waals surface area contributed by atoms with Crippen LogP contribution in [0.2, 0.25) is 0 Å². The number of hydrogen-bond donors (Lipinski definition) is 0. The van der Waals surface area contributed by atoms with Gasteiger partial charge in [-0.2, -0.15) is 4.91 Å². The van der Waals surface area contributed by atoms with Gasteiger partial charge in [-0.3, -0.25) is 0 Å². The smallest absolute Gasteiger partial charge is 0.106 e. The van der Waals surface area contributed by atoms with Crippen molar-refractivity contribution in [2.24, 2.45) is 10.3 Å². The van der Waals surface area contributed by atoms with E-state index in [1.165, 1.54) is 7.11 Å². The number of hydrogen-bond acceptors (Lipinski definition) is 4. The summed E-state index contributed by atoms with van der Waals surface area (Å²) in [5.74, 6) is 0. The summed E-state index contributed by atoms with van der Waals surface area (Å²) in [6, 6.07) is 7.36. The molecule has 1 aromatic carbocycles. The van der Waals surface area contributed by atoms with E-state index in [0.29, 0.717) is 0 Å². The predicted molar refractivity (Wildman–Crippen MR) is 50.5 cm³/mol. The van der Waals surface area contributed by atoms with E-state index in [2.05, 4.69) is 15.2 Å². The Kier molecular flexibility index (Phi) is 3.63. The Bertz CT molecular complexity index is 293. The number of oxime groups is 1.